The number of hydrogen-bond acceptors (Lipinski definition) is 6. The summed E-state index contributed by atoms with van der Waals surface area (Å²) in [4.78, 5) is 6.62. The van der Waals surface area contributed by atoms with Gasteiger partial charge in [-0.3, -0.25) is 0 Å². The Balaban J connectivity index is 1.58. The summed E-state index contributed by atoms with van der Waals surface area (Å²) < 4.78 is 7.73. The van der Waals surface area contributed by atoms with E-state index in [0.717, 1.165) is 41.9 Å². The molecule has 126 valence electrons. The topological polar surface area (TPSA) is 80.2 Å². The van der Waals surface area contributed by atoms with Crippen molar-refractivity contribution < 1.29 is 9.52 Å². The lowest BCUT2D eigenvalue weighted by Crippen LogP contribution is -2.50. The molecule has 1 aliphatic rings. The standard InChI is InChI=1S/C17H21N5O2/c1-12-4-5-14-13(8-12)19-16(24-14)22-7-3-6-17(23,10-22)9-15-20-18-11-21(15)2/h4-5,8,11,23H,3,6-7,9-10H2,1-2H3. The summed E-state index contributed by atoms with van der Waals surface area (Å²) in [6, 6.07) is 6.54. The Labute approximate surface area is 139 Å². The first-order valence-electron chi connectivity index (χ1n) is 8.20. The van der Waals surface area contributed by atoms with Crippen LogP contribution in [-0.2, 0) is 13.5 Å². The number of nitrogens with zero attached hydrogens (tertiary/aromatic N) is 5. The Morgan fingerprint density at radius 1 is 1.38 bits per heavy atom. The van der Waals surface area contributed by atoms with Crippen LogP contribution in [0.5, 0.6) is 0 Å². The van der Waals surface area contributed by atoms with Crippen molar-refractivity contribution in [1.29, 1.82) is 0 Å². The molecule has 24 heavy (non-hydrogen) atoms. The van der Waals surface area contributed by atoms with Gasteiger partial charge in [0.15, 0.2) is 5.58 Å². The van der Waals surface area contributed by atoms with Crippen LogP contribution in [0, 0.1) is 6.92 Å². The number of β-amino-alcohol motifs (C(OH)–C–C–N with tert-alkyl or cyclic N) is 1. The van der Waals surface area contributed by atoms with Crippen LogP contribution in [0.3, 0.4) is 0 Å². The highest BCUT2D eigenvalue weighted by atomic mass is 16.4. The maximum Gasteiger partial charge on any atom is 0.298 e. The molecule has 0 aliphatic carbocycles. The van der Waals surface area contributed by atoms with Gasteiger partial charge in [0, 0.05) is 20.0 Å². The Hall–Kier alpha value is -2.41. The van der Waals surface area contributed by atoms with Gasteiger partial charge in [-0.2, -0.15) is 4.98 Å². The average molecular weight is 327 g/mol. The molecule has 1 unspecified atom stereocenters. The van der Waals surface area contributed by atoms with E-state index in [1.54, 1.807) is 6.33 Å². The van der Waals surface area contributed by atoms with Gasteiger partial charge in [-0.25, -0.2) is 0 Å². The second-order valence-corrected chi connectivity index (χ2v) is 6.75. The molecule has 0 bridgehead atoms. The minimum Gasteiger partial charge on any atom is -0.423 e. The van der Waals surface area contributed by atoms with E-state index in [1.807, 2.05) is 41.6 Å². The van der Waals surface area contributed by atoms with E-state index in [4.69, 9.17) is 4.42 Å². The summed E-state index contributed by atoms with van der Waals surface area (Å²) in [5, 5.41) is 19.0. The van der Waals surface area contributed by atoms with Gasteiger partial charge in [0.2, 0.25) is 0 Å². The number of aromatic nitrogens is 4. The maximum absolute atomic E-state index is 11.0. The van der Waals surface area contributed by atoms with Crippen molar-refractivity contribution in [2.45, 2.75) is 31.8 Å². The fourth-order valence-electron chi connectivity index (χ4n) is 3.34. The zero-order chi connectivity index (χ0) is 16.7. The molecule has 4 rings (SSSR count). The van der Waals surface area contributed by atoms with Crippen molar-refractivity contribution in [2.75, 3.05) is 18.0 Å². The fraction of sp³-hybridized carbons (Fsp3) is 0.471. The van der Waals surface area contributed by atoms with Gasteiger partial charge in [0.05, 0.1) is 12.1 Å². The van der Waals surface area contributed by atoms with E-state index in [0.29, 0.717) is 19.0 Å². The van der Waals surface area contributed by atoms with Gasteiger partial charge < -0.3 is 19.0 Å². The highest BCUT2D eigenvalue weighted by molar-refractivity contribution is 5.75. The van der Waals surface area contributed by atoms with Crippen LogP contribution in [0.4, 0.5) is 6.01 Å². The minimum atomic E-state index is -0.852. The Kier molecular flexibility index (Phi) is 3.53. The van der Waals surface area contributed by atoms with Crippen LogP contribution in [0.15, 0.2) is 28.9 Å². The number of oxazole rings is 1. The summed E-state index contributed by atoms with van der Waals surface area (Å²) in [5.74, 6) is 0.785. The molecule has 0 amide bonds. The lowest BCUT2D eigenvalue weighted by Gasteiger charge is -2.38. The van der Waals surface area contributed by atoms with Crippen LogP contribution < -0.4 is 4.90 Å². The summed E-state index contributed by atoms with van der Waals surface area (Å²) in [6.45, 7) is 3.34. The number of piperidine rings is 1. The SMILES string of the molecule is Cc1ccc2oc(N3CCCC(O)(Cc4nncn4C)C3)nc2c1. The largest absolute Gasteiger partial charge is 0.423 e. The highest BCUT2D eigenvalue weighted by Gasteiger charge is 2.36. The van der Waals surface area contributed by atoms with E-state index in [2.05, 4.69) is 15.2 Å². The van der Waals surface area contributed by atoms with Gasteiger partial charge >= 0.3 is 0 Å². The highest BCUT2D eigenvalue weighted by Crippen LogP contribution is 2.30. The number of anilines is 1. The average Bonchev–Trinajstić information content (AvgIpc) is 3.13. The minimum absolute atomic E-state index is 0.472. The number of fused-ring (bicyclic) bond motifs is 1. The molecule has 0 radical (unpaired) electrons. The Bertz CT molecular complexity index is 871. The van der Waals surface area contributed by atoms with Crippen LogP contribution in [-0.4, -0.2) is 43.5 Å². The third-order valence-electron chi connectivity index (χ3n) is 4.65. The predicted molar refractivity (Wildman–Crippen MR) is 89.8 cm³/mol. The van der Waals surface area contributed by atoms with E-state index in [9.17, 15) is 5.11 Å². The smallest absolute Gasteiger partial charge is 0.298 e. The van der Waals surface area contributed by atoms with Crippen molar-refractivity contribution in [3.8, 4) is 0 Å². The molecule has 3 aromatic rings. The van der Waals surface area contributed by atoms with Gasteiger partial charge in [0.1, 0.15) is 17.7 Å². The maximum atomic E-state index is 11.0. The molecule has 1 saturated heterocycles. The summed E-state index contributed by atoms with van der Waals surface area (Å²) in [6.07, 6.45) is 3.74. The number of hydrogen-bond donors (Lipinski definition) is 1. The second-order valence-electron chi connectivity index (χ2n) is 6.75. The molecule has 1 atom stereocenters. The number of benzene rings is 1. The molecule has 2 aromatic heterocycles. The summed E-state index contributed by atoms with van der Waals surface area (Å²) in [5.41, 5.74) is 1.93. The quantitative estimate of drug-likeness (QED) is 0.790. The van der Waals surface area contributed by atoms with Crippen LogP contribution >= 0.6 is 0 Å². The van der Waals surface area contributed by atoms with Gasteiger partial charge in [0.25, 0.3) is 6.01 Å². The first-order chi connectivity index (χ1) is 11.5. The van der Waals surface area contributed by atoms with E-state index >= 15 is 0 Å². The van der Waals surface area contributed by atoms with Crippen molar-refractivity contribution in [1.82, 2.24) is 19.7 Å². The Morgan fingerprint density at radius 2 is 2.25 bits per heavy atom. The summed E-state index contributed by atoms with van der Waals surface area (Å²) >= 11 is 0. The molecular weight excluding hydrogens is 306 g/mol. The van der Waals surface area contributed by atoms with Crippen LogP contribution in [0.25, 0.3) is 11.1 Å². The van der Waals surface area contributed by atoms with E-state index in [1.165, 1.54) is 0 Å². The Morgan fingerprint density at radius 3 is 3.04 bits per heavy atom. The zero-order valence-electron chi connectivity index (χ0n) is 13.9. The van der Waals surface area contributed by atoms with Crippen LogP contribution in [0.1, 0.15) is 24.2 Å². The van der Waals surface area contributed by atoms with Crippen molar-refractivity contribution in [3.05, 3.63) is 35.9 Å². The first-order valence-corrected chi connectivity index (χ1v) is 8.20. The molecule has 7 heteroatoms. The molecule has 0 spiro atoms. The predicted octanol–water partition coefficient (Wildman–Crippen LogP) is 1.84. The first kappa shape index (κ1) is 15.1. The monoisotopic (exact) mass is 327 g/mol. The molecule has 3 heterocycles. The third-order valence-corrected chi connectivity index (χ3v) is 4.65. The fourth-order valence-corrected chi connectivity index (χ4v) is 3.34. The van der Waals surface area contributed by atoms with Gasteiger partial charge in [-0.1, -0.05) is 6.07 Å². The molecule has 1 N–H and O–H groups in total. The summed E-state index contributed by atoms with van der Waals surface area (Å²) in [7, 11) is 1.89. The second kappa shape index (κ2) is 5.59. The molecule has 1 aliphatic heterocycles. The normalized spacial score (nSPS) is 21.5. The number of aliphatic hydroxyl groups is 1. The van der Waals surface area contributed by atoms with Crippen molar-refractivity contribution in [3.63, 3.8) is 0 Å². The molecule has 1 fully saturated rings. The van der Waals surface area contributed by atoms with E-state index < -0.39 is 5.60 Å². The van der Waals surface area contributed by atoms with Gasteiger partial charge in [-0.05, 0) is 37.5 Å². The third kappa shape index (κ3) is 2.75. The molecule has 0 saturated carbocycles. The lowest BCUT2D eigenvalue weighted by atomic mass is 9.89. The van der Waals surface area contributed by atoms with Gasteiger partial charge in [-0.15, -0.1) is 10.2 Å². The lowest BCUT2D eigenvalue weighted by molar-refractivity contribution is 0.0226. The van der Waals surface area contributed by atoms with Crippen LogP contribution in [0.2, 0.25) is 0 Å². The van der Waals surface area contributed by atoms with Crippen molar-refractivity contribution >= 4 is 17.1 Å². The molecular formula is C17H21N5O2. The van der Waals surface area contributed by atoms with Crippen molar-refractivity contribution in [2.24, 2.45) is 7.05 Å². The van der Waals surface area contributed by atoms with E-state index in [-0.39, 0.29) is 0 Å². The molecule has 7 nitrogen and oxygen atoms in total. The molecule has 1 aromatic carbocycles. The number of rotatable bonds is 3. The number of aryl methyl sites for hydroxylation is 2. The zero-order valence-corrected chi connectivity index (χ0v) is 13.9.